The number of rotatable bonds is 6. The van der Waals surface area contributed by atoms with Gasteiger partial charge in [0.2, 0.25) is 0 Å². The Morgan fingerprint density at radius 2 is 1.90 bits per heavy atom. The molecule has 1 aromatic rings. The van der Waals surface area contributed by atoms with Gasteiger partial charge in [-0.15, -0.1) is 0 Å². The third kappa shape index (κ3) is 3.78. The molecule has 0 amide bonds. The lowest BCUT2D eigenvalue weighted by Gasteiger charge is -2.36. The minimum absolute atomic E-state index is 0.384. The van der Waals surface area contributed by atoms with E-state index in [1.807, 2.05) is 24.9 Å². The normalized spacial score (nSPS) is 17.8. The summed E-state index contributed by atoms with van der Waals surface area (Å²) in [6.45, 7) is 3.08. The Hall–Kier alpha value is -0.970. The van der Waals surface area contributed by atoms with Crippen LogP contribution in [0, 0.1) is 0 Å². The smallest absolute Gasteiger partial charge is 0.132 e. The first-order valence-electron chi connectivity index (χ1n) is 7.56. The average Bonchev–Trinajstić information content (AvgIpc) is 2.53. The molecule has 0 aromatic carbocycles. The molecule has 1 heterocycles. The quantitative estimate of drug-likeness (QED) is 0.840. The summed E-state index contributed by atoms with van der Waals surface area (Å²) >= 11 is 2.01. The molecule has 0 bridgehead atoms. The molecule has 0 spiro atoms. The molecule has 1 aliphatic carbocycles. The molecule has 1 fully saturated rings. The van der Waals surface area contributed by atoms with Gasteiger partial charge >= 0.3 is 0 Å². The van der Waals surface area contributed by atoms with Gasteiger partial charge in [-0.1, -0.05) is 26.2 Å². The largest absolute Gasteiger partial charge is 0.373 e. The molecule has 1 aromatic heterocycles. The van der Waals surface area contributed by atoms with E-state index in [2.05, 4.69) is 33.8 Å². The predicted octanol–water partition coefficient (Wildman–Crippen LogP) is 3.56. The molecule has 0 atom stereocenters. The number of thioether (sulfide) groups is 1. The molecule has 0 saturated heterocycles. The van der Waals surface area contributed by atoms with Crippen molar-refractivity contribution in [2.24, 2.45) is 0 Å². The maximum Gasteiger partial charge on any atom is 0.132 e. The number of nitrogens with one attached hydrogen (secondary N) is 2. The molecule has 4 nitrogen and oxygen atoms in total. The van der Waals surface area contributed by atoms with E-state index in [1.54, 1.807) is 0 Å². The van der Waals surface area contributed by atoms with E-state index >= 15 is 0 Å². The Morgan fingerprint density at radius 1 is 1.20 bits per heavy atom. The van der Waals surface area contributed by atoms with Crippen molar-refractivity contribution in [2.45, 2.75) is 50.2 Å². The molecule has 2 N–H and O–H groups in total. The lowest BCUT2D eigenvalue weighted by atomic mass is 9.88. The fraction of sp³-hybridized carbons (Fsp3) is 0.733. The molecule has 1 aliphatic rings. The summed E-state index contributed by atoms with van der Waals surface area (Å²) in [6, 6.07) is 2.00. The summed E-state index contributed by atoms with van der Waals surface area (Å²) in [6.07, 6.45) is 9.82. The topological polar surface area (TPSA) is 49.8 Å². The highest BCUT2D eigenvalue weighted by atomic mass is 32.2. The summed E-state index contributed by atoms with van der Waals surface area (Å²) in [5.41, 5.74) is 0. The van der Waals surface area contributed by atoms with Crippen molar-refractivity contribution in [1.82, 2.24) is 9.97 Å². The number of hydrogen-bond donors (Lipinski definition) is 2. The van der Waals surface area contributed by atoms with Crippen LogP contribution in [0.5, 0.6) is 0 Å². The van der Waals surface area contributed by atoms with E-state index in [9.17, 15) is 0 Å². The number of aromatic nitrogens is 2. The van der Waals surface area contributed by atoms with Gasteiger partial charge in [-0.3, -0.25) is 0 Å². The Morgan fingerprint density at radius 3 is 2.50 bits per heavy atom. The fourth-order valence-electron chi connectivity index (χ4n) is 2.77. The van der Waals surface area contributed by atoms with Gasteiger partial charge in [0.1, 0.15) is 17.5 Å². The molecule has 0 aliphatic heterocycles. The van der Waals surface area contributed by atoms with Crippen molar-refractivity contribution in [3.63, 3.8) is 0 Å². The molecule has 20 heavy (non-hydrogen) atoms. The lowest BCUT2D eigenvalue weighted by Crippen LogP contribution is -2.35. The minimum Gasteiger partial charge on any atom is -0.373 e. The molecule has 0 radical (unpaired) electrons. The molecular formula is C15H26N4S. The zero-order valence-electron chi connectivity index (χ0n) is 12.8. The maximum absolute atomic E-state index is 4.58. The van der Waals surface area contributed by atoms with E-state index < -0.39 is 0 Å². The first-order valence-corrected chi connectivity index (χ1v) is 8.78. The van der Waals surface area contributed by atoms with Gasteiger partial charge < -0.3 is 10.6 Å². The van der Waals surface area contributed by atoms with Gasteiger partial charge in [-0.05, 0) is 19.1 Å². The summed E-state index contributed by atoms with van der Waals surface area (Å²) < 4.78 is 0.384. The average molecular weight is 294 g/mol. The first kappa shape index (κ1) is 15.4. The van der Waals surface area contributed by atoms with E-state index in [1.165, 1.54) is 32.1 Å². The summed E-state index contributed by atoms with van der Waals surface area (Å²) in [7, 11) is 1.90. The monoisotopic (exact) mass is 294 g/mol. The van der Waals surface area contributed by atoms with Crippen molar-refractivity contribution >= 4 is 23.4 Å². The minimum atomic E-state index is 0.384. The molecule has 2 rings (SSSR count). The number of anilines is 2. The number of aryl methyl sites for hydroxylation is 1. The van der Waals surface area contributed by atoms with E-state index in [4.69, 9.17) is 0 Å². The summed E-state index contributed by atoms with van der Waals surface area (Å²) in [5.74, 6) is 2.72. The highest BCUT2D eigenvalue weighted by Gasteiger charge is 2.30. The van der Waals surface area contributed by atoms with Crippen LogP contribution in [0.25, 0.3) is 0 Å². The maximum atomic E-state index is 4.58. The van der Waals surface area contributed by atoms with Gasteiger partial charge in [0.15, 0.2) is 0 Å². The second-order valence-electron chi connectivity index (χ2n) is 5.46. The van der Waals surface area contributed by atoms with Crippen LogP contribution in [0.2, 0.25) is 0 Å². The first-order chi connectivity index (χ1) is 9.71. The molecule has 1 saturated carbocycles. The predicted molar refractivity (Wildman–Crippen MR) is 88.8 cm³/mol. The van der Waals surface area contributed by atoms with Gasteiger partial charge in [0.25, 0.3) is 0 Å². The van der Waals surface area contributed by atoms with Crippen LogP contribution in [0.3, 0.4) is 0 Å². The zero-order valence-corrected chi connectivity index (χ0v) is 13.6. The third-order valence-corrected chi connectivity index (χ3v) is 5.55. The van der Waals surface area contributed by atoms with Crippen LogP contribution in [0.15, 0.2) is 6.07 Å². The molecule has 112 valence electrons. The van der Waals surface area contributed by atoms with Crippen LogP contribution < -0.4 is 10.6 Å². The highest BCUT2D eigenvalue weighted by Crippen LogP contribution is 2.38. The van der Waals surface area contributed by atoms with Crippen molar-refractivity contribution in [1.29, 1.82) is 0 Å². The Kier molecular flexibility index (Phi) is 5.52. The summed E-state index contributed by atoms with van der Waals surface area (Å²) in [4.78, 5) is 9.01. The van der Waals surface area contributed by atoms with E-state index in [0.717, 1.165) is 30.4 Å². The van der Waals surface area contributed by atoms with Crippen LogP contribution in [0.1, 0.15) is 44.9 Å². The van der Waals surface area contributed by atoms with E-state index in [-0.39, 0.29) is 0 Å². The molecule has 0 unspecified atom stereocenters. The second-order valence-corrected chi connectivity index (χ2v) is 6.73. The van der Waals surface area contributed by atoms with Gasteiger partial charge in [-0.25, -0.2) is 9.97 Å². The van der Waals surface area contributed by atoms with Crippen LogP contribution in [-0.4, -0.2) is 34.6 Å². The standard InChI is InChI=1S/C15H26N4S/c1-4-12-18-13(16-2)10-14(19-12)17-11-15(20-3)8-6-5-7-9-15/h10H,4-9,11H2,1-3H3,(H2,16,17,18,19). The van der Waals surface area contributed by atoms with Crippen LogP contribution in [0.4, 0.5) is 11.6 Å². The SMILES string of the molecule is CCc1nc(NC)cc(NCC2(SC)CCCCC2)n1. The number of nitrogens with zero attached hydrogens (tertiary/aromatic N) is 2. The molecular weight excluding hydrogens is 268 g/mol. The van der Waals surface area contributed by atoms with Gasteiger partial charge in [0, 0.05) is 30.8 Å². The van der Waals surface area contributed by atoms with Crippen molar-refractivity contribution in [2.75, 3.05) is 30.5 Å². The van der Waals surface area contributed by atoms with Crippen molar-refractivity contribution in [3.05, 3.63) is 11.9 Å². The highest BCUT2D eigenvalue weighted by molar-refractivity contribution is 8.00. The Balaban J connectivity index is 2.05. The fourth-order valence-corrected chi connectivity index (χ4v) is 3.69. The van der Waals surface area contributed by atoms with Crippen molar-refractivity contribution < 1.29 is 0 Å². The number of hydrogen-bond acceptors (Lipinski definition) is 5. The zero-order chi connectivity index (χ0) is 14.4. The Bertz CT molecular complexity index is 408. The molecule has 5 heteroatoms. The van der Waals surface area contributed by atoms with Crippen LogP contribution >= 0.6 is 11.8 Å². The van der Waals surface area contributed by atoms with Crippen molar-refractivity contribution in [3.8, 4) is 0 Å². The Labute approximate surface area is 126 Å². The lowest BCUT2D eigenvalue weighted by molar-refractivity contribution is 0.411. The van der Waals surface area contributed by atoms with Gasteiger partial charge in [-0.2, -0.15) is 11.8 Å². The van der Waals surface area contributed by atoms with E-state index in [0.29, 0.717) is 4.75 Å². The summed E-state index contributed by atoms with van der Waals surface area (Å²) in [5, 5.41) is 6.65. The second kappa shape index (κ2) is 7.16. The van der Waals surface area contributed by atoms with Crippen LogP contribution in [-0.2, 0) is 6.42 Å². The third-order valence-electron chi connectivity index (χ3n) is 4.13. The van der Waals surface area contributed by atoms with Gasteiger partial charge in [0.05, 0.1) is 0 Å².